The number of hydrogen-bond donors (Lipinski definition) is 0. The Morgan fingerprint density at radius 3 is 2.86 bits per heavy atom. The first-order valence-corrected chi connectivity index (χ1v) is 8.79. The molecule has 0 bridgehead atoms. The van der Waals surface area contributed by atoms with E-state index in [1.54, 1.807) is 11.3 Å². The van der Waals surface area contributed by atoms with Crippen molar-refractivity contribution in [2.24, 2.45) is 0 Å². The van der Waals surface area contributed by atoms with Gasteiger partial charge >= 0.3 is 0 Å². The first kappa shape index (κ1) is 15.3. The predicted octanol–water partition coefficient (Wildman–Crippen LogP) is 4.05. The van der Waals surface area contributed by atoms with Gasteiger partial charge in [-0.05, 0) is 31.2 Å². The van der Waals surface area contributed by atoms with Gasteiger partial charge in [0.05, 0.1) is 17.0 Å². The molecule has 118 valence electrons. The number of thiophene rings is 1. The number of amides is 1. The molecule has 2 aromatic heterocycles. The van der Waals surface area contributed by atoms with Gasteiger partial charge in [0.25, 0.3) is 0 Å². The third kappa shape index (κ3) is 3.24. The maximum Gasteiger partial charge on any atom is 0.236 e. The molecule has 1 aliphatic carbocycles. The molecule has 0 aromatic carbocycles. The normalized spacial score (nSPS) is 15.9. The zero-order chi connectivity index (χ0) is 15.5. The van der Waals surface area contributed by atoms with Crippen molar-refractivity contribution in [3.05, 3.63) is 29.0 Å². The second-order valence-electron chi connectivity index (χ2n) is 5.97. The molecule has 0 aliphatic heterocycles. The zero-order valence-corrected chi connectivity index (χ0v) is 14.0. The highest BCUT2D eigenvalue weighted by atomic mass is 32.1. The van der Waals surface area contributed by atoms with E-state index in [-0.39, 0.29) is 5.91 Å². The highest BCUT2D eigenvalue weighted by molar-refractivity contribution is 7.13. The Bertz CT molecular complexity index is 627. The van der Waals surface area contributed by atoms with Crippen molar-refractivity contribution in [1.82, 2.24) is 9.88 Å². The fourth-order valence-electron chi connectivity index (χ4n) is 3.04. The zero-order valence-electron chi connectivity index (χ0n) is 13.2. The van der Waals surface area contributed by atoms with Crippen LogP contribution >= 0.6 is 11.3 Å². The molecule has 0 N–H and O–H groups in total. The molecule has 0 spiro atoms. The smallest absolute Gasteiger partial charge is 0.236 e. The van der Waals surface area contributed by atoms with E-state index in [4.69, 9.17) is 4.42 Å². The van der Waals surface area contributed by atoms with Crippen LogP contribution in [0.5, 0.6) is 0 Å². The standard InChI is InChI=1S/C17H22N2O2S/c1-12-14(18-17(21-12)15-9-6-10-22-15)11-16(20)19(2)13-7-4-3-5-8-13/h6,9-10,13H,3-5,7-8,11H2,1-2H3. The summed E-state index contributed by atoms with van der Waals surface area (Å²) in [6, 6.07) is 4.35. The fraction of sp³-hybridized carbons (Fsp3) is 0.529. The van der Waals surface area contributed by atoms with E-state index in [9.17, 15) is 4.79 Å². The molecule has 3 rings (SSSR count). The van der Waals surface area contributed by atoms with Crippen LogP contribution in [0, 0.1) is 6.92 Å². The summed E-state index contributed by atoms with van der Waals surface area (Å²) in [7, 11) is 1.92. The molecule has 0 unspecified atom stereocenters. The number of aryl methyl sites for hydroxylation is 1. The van der Waals surface area contributed by atoms with Gasteiger partial charge in [-0.3, -0.25) is 4.79 Å². The summed E-state index contributed by atoms with van der Waals surface area (Å²) in [5.41, 5.74) is 0.760. The fourth-order valence-corrected chi connectivity index (χ4v) is 3.69. The van der Waals surface area contributed by atoms with Crippen LogP contribution in [0.25, 0.3) is 10.8 Å². The van der Waals surface area contributed by atoms with Gasteiger partial charge in [0, 0.05) is 13.1 Å². The molecule has 2 heterocycles. The van der Waals surface area contributed by atoms with Gasteiger partial charge in [-0.15, -0.1) is 11.3 Å². The Morgan fingerprint density at radius 2 is 2.18 bits per heavy atom. The van der Waals surface area contributed by atoms with E-state index in [1.807, 2.05) is 36.4 Å². The van der Waals surface area contributed by atoms with E-state index in [1.165, 1.54) is 19.3 Å². The van der Waals surface area contributed by atoms with Crippen molar-refractivity contribution in [2.75, 3.05) is 7.05 Å². The number of oxazole rings is 1. The minimum atomic E-state index is 0.140. The second kappa shape index (κ2) is 6.65. The first-order valence-electron chi connectivity index (χ1n) is 7.91. The number of carbonyl (C=O) groups is 1. The van der Waals surface area contributed by atoms with Crippen LogP contribution in [0.4, 0.5) is 0 Å². The molecule has 1 fully saturated rings. The SMILES string of the molecule is Cc1oc(-c2cccs2)nc1CC(=O)N(C)C1CCCCC1. The maximum absolute atomic E-state index is 12.5. The minimum Gasteiger partial charge on any atom is -0.440 e. The van der Waals surface area contributed by atoms with E-state index in [0.29, 0.717) is 18.4 Å². The van der Waals surface area contributed by atoms with Gasteiger partial charge < -0.3 is 9.32 Å². The molecular formula is C17H22N2O2S. The third-order valence-electron chi connectivity index (χ3n) is 4.46. The molecule has 0 saturated heterocycles. The molecule has 0 radical (unpaired) electrons. The summed E-state index contributed by atoms with van der Waals surface area (Å²) < 4.78 is 5.71. The number of nitrogens with zero attached hydrogens (tertiary/aromatic N) is 2. The Labute approximate surface area is 135 Å². The second-order valence-corrected chi connectivity index (χ2v) is 6.92. The molecule has 0 atom stereocenters. The Kier molecular flexibility index (Phi) is 4.62. The van der Waals surface area contributed by atoms with Crippen LogP contribution in [0.15, 0.2) is 21.9 Å². The van der Waals surface area contributed by atoms with Gasteiger partial charge in [0.15, 0.2) is 0 Å². The molecule has 22 heavy (non-hydrogen) atoms. The van der Waals surface area contributed by atoms with E-state index < -0.39 is 0 Å². The van der Waals surface area contributed by atoms with Crippen LogP contribution in [0.2, 0.25) is 0 Å². The lowest BCUT2D eigenvalue weighted by atomic mass is 9.94. The average Bonchev–Trinajstić information content (AvgIpc) is 3.18. The molecule has 1 saturated carbocycles. The van der Waals surface area contributed by atoms with Gasteiger partial charge in [-0.2, -0.15) is 0 Å². The summed E-state index contributed by atoms with van der Waals surface area (Å²) in [6.45, 7) is 1.88. The van der Waals surface area contributed by atoms with Gasteiger partial charge in [-0.1, -0.05) is 25.3 Å². The number of hydrogen-bond acceptors (Lipinski definition) is 4. The molecule has 5 heteroatoms. The summed E-state index contributed by atoms with van der Waals surface area (Å²) in [5, 5.41) is 2.00. The number of likely N-dealkylation sites (N-methyl/N-ethyl adjacent to an activating group) is 1. The number of aromatic nitrogens is 1. The van der Waals surface area contributed by atoms with E-state index in [0.717, 1.165) is 29.2 Å². The quantitative estimate of drug-likeness (QED) is 0.854. The first-order chi connectivity index (χ1) is 10.6. The maximum atomic E-state index is 12.5. The Balaban J connectivity index is 1.68. The van der Waals surface area contributed by atoms with E-state index in [2.05, 4.69) is 4.98 Å². The topological polar surface area (TPSA) is 46.3 Å². The van der Waals surface area contributed by atoms with Crippen molar-refractivity contribution in [3.63, 3.8) is 0 Å². The predicted molar refractivity (Wildman–Crippen MR) is 87.9 cm³/mol. The number of rotatable bonds is 4. The van der Waals surface area contributed by atoms with Crippen molar-refractivity contribution in [3.8, 4) is 10.8 Å². The van der Waals surface area contributed by atoms with Crippen molar-refractivity contribution >= 4 is 17.2 Å². The third-order valence-corrected chi connectivity index (χ3v) is 5.32. The molecular weight excluding hydrogens is 296 g/mol. The average molecular weight is 318 g/mol. The summed E-state index contributed by atoms with van der Waals surface area (Å²) in [5.74, 6) is 1.51. The lowest BCUT2D eigenvalue weighted by Crippen LogP contribution is -2.39. The summed E-state index contributed by atoms with van der Waals surface area (Å²) in [6.07, 6.45) is 6.33. The van der Waals surface area contributed by atoms with Crippen LogP contribution in [-0.2, 0) is 11.2 Å². The molecule has 2 aromatic rings. The minimum absolute atomic E-state index is 0.140. The lowest BCUT2D eigenvalue weighted by molar-refractivity contribution is -0.131. The monoisotopic (exact) mass is 318 g/mol. The van der Waals surface area contributed by atoms with Gasteiger partial charge in [0.1, 0.15) is 5.76 Å². The van der Waals surface area contributed by atoms with Crippen molar-refractivity contribution < 1.29 is 9.21 Å². The highest BCUT2D eigenvalue weighted by Crippen LogP contribution is 2.27. The van der Waals surface area contributed by atoms with Crippen LogP contribution in [0.1, 0.15) is 43.6 Å². The summed E-state index contributed by atoms with van der Waals surface area (Å²) >= 11 is 1.59. The highest BCUT2D eigenvalue weighted by Gasteiger charge is 2.24. The number of carbonyl (C=O) groups excluding carboxylic acids is 1. The van der Waals surface area contributed by atoms with Gasteiger partial charge in [0.2, 0.25) is 11.8 Å². The Morgan fingerprint density at radius 1 is 1.41 bits per heavy atom. The molecule has 1 aliphatic rings. The van der Waals surface area contributed by atoms with Crippen molar-refractivity contribution in [2.45, 2.75) is 51.5 Å². The van der Waals surface area contributed by atoms with Crippen molar-refractivity contribution in [1.29, 1.82) is 0 Å². The summed E-state index contributed by atoms with van der Waals surface area (Å²) in [4.78, 5) is 19.9. The van der Waals surface area contributed by atoms with Crippen LogP contribution in [-0.4, -0.2) is 28.9 Å². The lowest BCUT2D eigenvalue weighted by Gasteiger charge is -2.31. The Hall–Kier alpha value is -1.62. The van der Waals surface area contributed by atoms with Gasteiger partial charge in [-0.25, -0.2) is 4.98 Å². The van der Waals surface area contributed by atoms with Crippen LogP contribution < -0.4 is 0 Å². The van der Waals surface area contributed by atoms with E-state index >= 15 is 0 Å². The molecule has 1 amide bonds. The largest absolute Gasteiger partial charge is 0.440 e. The molecule has 4 nitrogen and oxygen atoms in total. The van der Waals surface area contributed by atoms with Crippen LogP contribution in [0.3, 0.4) is 0 Å².